The van der Waals surface area contributed by atoms with Crippen LogP contribution >= 0.6 is 23.2 Å². The molecule has 0 unspecified atom stereocenters. The average molecular weight is 440 g/mol. The van der Waals surface area contributed by atoms with Crippen LogP contribution in [0.1, 0.15) is 35.4 Å². The van der Waals surface area contributed by atoms with Crippen molar-refractivity contribution in [2.24, 2.45) is 5.10 Å². The van der Waals surface area contributed by atoms with Crippen molar-refractivity contribution < 1.29 is 9.66 Å². The summed E-state index contributed by atoms with van der Waals surface area (Å²) in [6, 6.07) is 19.6. The Hall–Kier alpha value is -3.09. The summed E-state index contributed by atoms with van der Waals surface area (Å²) in [6.07, 6.45) is 0.101. The standard InChI is InChI=1S/C22H15Cl2N3O3/c23-15-10-17-20-12-19(13-4-2-1-3-5-13)25-26(20)22(30-21(17)18(24)11-15)14-6-8-16(9-7-14)27(28)29/h1-11,20,22H,12H2/t20-,22+/m0/s1. The predicted molar refractivity (Wildman–Crippen MR) is 115 cm³/mol. The third-order valence-electron chi connectivity index (χ3n) is 5.30. The first-order valence-corrected chi connectivity index (χ1v) is 10.1. The molecular weight excluding hydrogens is 425 g/mol. The second kappa shape index (κ2) is 7.31. The zero-order chi connectivity index (χ0) is 20.8. The van der Waals surface area contributed by atoms with Crippen molar-refractivity contribution in [3.8, 4) is 5.75 Å². The van der Waals surface area contributed by atoms with Crippen molar-refractivity contribution in [3.63, 3.8) is 0 Å². The number of hydrazone groups is 1. The van der Waals surface area contributed by atoms with Crippen LogP contribution < -0.4 is 4.74 Å². The number of non-ortho nitro benzene ring substituents is 1. The molecule has 0 saturated carbocycles. The number of ether oxygens (including phenoxy) is 1. The van der Waals surface area contributed by atoms with Crippen molar-refractivity contribution in [2.45, 2.75) is 18.7 Å². The minimum Gasteiger partial charge on any atom is -0.463 e. The Kier molecular flexibility index (Phi) is 4.60. The fraction of sp³-hybridized carbons (Fsp3) is 0.136. The molecule has 2 atom stereocenters. The molecule has 3 aromatic rings. The second-order valence-electron chi connectivity index (χ2n) is 7.14. The number of nitro benzene ring substituents is 1. The molecule has 2 aliphatic heterocycles. The van der Waals surface area contributed by atoms with Crippen molar-refractivity contribution in [1.29, 1.82) is 0 Å². The SMILES string of the molecule is O=[N+]([O-])c1ccc([C@H]2Oc3c(Cl)cc(Cl)cc3[C@@H]3CC(c4ccccc4)=NN23)cc1. The van der Waals surface area contributed by atoms with Gasteiger partial charge in [0.2, 0.25) is 6.23 Å². The largest absolute Gasteiger partial charge is 0.463 e. The Morgan fingerprint density at radius 2 is 1.80 bits per heavy atom. The van der Waals surface area contributed by atoms with Crippen LogP contribution in [0.4, 0.5) is 5.69 Å². The molecule has 0 spiro atoms. The molecule has 0 saturated heterocycles. The highest BCUT2D eigenvalue weighted by Crippen LogP contribution is 2.50. The molecule has 0 N–H and O–H groups in total. The Bertz CT molecular complexity index is 1170. The molecule has 0 amide bonds. The van der Waals surface area contributed by atoms with Crippen LogP contribution in [0.15, 0.2) is 71.8 Å². The van der Waals surface area contributed by atoms with Gasteiger partial charge < -0.3 is 4.74 Å². The van der Waals surface area contributed by atoms with Crippen molar-refractivity contribution in [3.05, 3.63) is 104 Å². The lowest BCUT2D eigenvalue weighted by molar-refractivity contribution is -0.384. The van der Waals surface area contributed by atoms with Crippen molar-refractivity contribution in [1.82, 2.24) is 5.01 Å². The van der Waals surface area contributed by atoms with Gasteiger partial charge in [-0.15, -0.1) is 0 Å². The summed E-state index contributed by atoms with van der Waals surface area (Å²) < 4.78 is 6.26. The molecule has 6 nitrogen and oxygen atoms in total. The molecule has 2 aliphatic rings. The number of benzene rings is 3. The van der Waals surface area contributed by atoms with Gasteiger partial charge in [0.1, 0.15) is 5.75 Å². The molecule has 0 fully saturated rings. The third kappa shape index (κ3) is 3.18. The van der Waals surface area contributed by atoms with E-state index in [-0.39, 0.29) is 11.7 Å². The highest BCUT2D eigenvalue weighted by atomic mass is 35.5. The number of hydrogen-bond acceptors (Lipinski definition) is 5. The molecule has 0 aromatic heterocycles. The first-order chi connectivity index (χ1) is 14.5. The average Bonchev–Trinajstić information content (AvgIpc) is 3.20. The molecule has 0 bridgehead atoms. The molecule has 0 radical (unpaired) electrons. The van der Waals surface area contributed by atoms with E-state index < -0.39 is 11.2 Å². The maximum absolute atomic E-state index is 11.0. The third-order valence-corrected chi connectivity index (χ3v) is 5.80. The lowest BCUT2D eigenvalue weighted by atomic mass is 9.96. The first kappa shape index (κ1) is 18.9. The quantitative estimate of drug-likeness (QED) is 0.362. The maximum atomic E-state index is 11.0. The minimum atomic E-state index is -0.566. The number of hydrogen-bond donors (Lipinski definition) is 0. The zero-order valence-electron chi connectivity index (χ0n) is 15.5. The van der Waals surface area contributed by atoms with Crippen molar-refractivity contribution >= 4 is 34.6 Å². The number of nitro groups is 1. The minimum absolute atomic E-state index is 0.0196. The molecule has 0 aliphatic carbocycles. The van der Waals surface area contributed by atoms with Crippen LogP contribution in [0.25, 0.3) is 0 Å². The lowest BCUT2D eigenvalue weighted by Gasteiger charge is -2.38. The molecule has 30 heavy (non-hydrogen) atoms. The summed E-state index contributed by atoms with van der Waals surface area (Å²) in [5, 5.41) is 18.7. The van der Waals surface area contributed by atoms with Gasteiger partial charge in [-0.2, -0.15) is 5.10 Å². The maximum Gasteiger partial charge on any atom is 0.269 e. The van der Waals surface area contributed by atoms with E-state index in [4.69, 9.17) is 33.0 Å². The van der Waals surface area contributed by atoms with Gasteiger partial charge in [-0.1, -0.05) is 53.5 Å². The van der Waals surface area contributed by atoms with E-state index in [0.29, 0.717) is 22.2 Å². The fourth-order valence-corrected chi connectivity index (χ4v) is 4.45. The van der Waals surface area contributed by atoms with Crippen molar-refractivity contribution in [2.75, 3.05) is 0 Å². The molecule has 2 heterocycles. The van der Waals surface area contributed by atoms with Gasteiger partial charge in [-0.3, -0.25) is 10.1 Å². The second-order valence-corrected chi connectivity index (χ2v) is 7.98. The predicted octanol–water partition coefficient (Wildman–Crippen LogP) is 6.14. The Morgan fingerprint density at radius 3 is 2.50 bits per heavy atom. The number of rotatable bonds is 3. The summed E-state index contributed by atoms with van der Waals surface area (Å²) in [5.74, 6) is 0.565. The van der Waals surface area contributed by atoms with Gasteiger partial charge >= 0.3 is 0 Å². The van der Waals surface area contributed by atoms with Gasteiger partial charge in [0.15, 0.2) is 0 Å². The summed E-state index contributed by atoms with van der Waals surface area (Å²) in [6.45, 7) is 0. The lowest BCUT2D eigenvalue weighted by Crippen LogP contribution is -2.33. The van der Waals surface area contributed by atoms with Crippen LogP contribution in [-0.2, 0) is 0 Å². The van der Waals surface area contributed by atoms with Crippen LogP contribution in [0.2, 0.25) is 10.0 Å². The first-order valence-electron chi connectivity index (χ1n) is 9.32. The highest BCUT2D eigenvalue weighted by Gasteiger charge is 2.42. The van der Waals surface area contributed by atoms with Crippen LogP contribution in [0.5, 0.6) is 5.75 Å². The summed E-state index contributed by atoms with van der Waals surface area (Å²) in [7, 11) is 0. The highest BCUT2D eigenvalue weighted by molar-refractivity contribution is 6.35. The molecular formula is C22H15Cl2N3O3. The fourth-order valence-electron chi connectivity index (χ4n) is 3.90. The molecule has 150 valence electrons. The Morgan fingerprint density at radius 1 is 1.07 bits per heavy atom. The monoisotopic (exact) mass is 439 g/mol. The van der Waals surface area contributed by atoms with Crippen LogP contribution in [0.3, 0.4) is 0 Å². The smallest absolute Gasteiger partial charge is 0.269 e. The van der Waals surface area contributed by atoms with E-state index in [0.717, 1.165) is 22.4 Å². The van der Waals surface area contributed by atoms with E-state index in [1.165, 1.54) is 12.1 Å². The van der Waals surface area contributed by atoms with E-state index >= 15 is 0 Å². The van der Waals surface area contributed by atoms with Crippen LogP contribution in [0, 0.1) is 10.1 Å². The topological polar surface area (TPSA) is 68.0 Å². The Balaban J connectivity index is 1.61. The summed E-state index contributed by atoms with van der Waals surface area (Å²) in [5.41, 5.74) is 3.61. The van der Waals surface area contributed by atoms with Gasteiger partial charge in [0.05, 0.1) is 21.7 Å². The van der Waals surface area contributed by atoms with Gasteiger partial charge in [-0.05, 0) is 29.8 Å². The van der Waals surface area contributed by atoms with E-state index in [1.54, 1.807) is 18.2 Å². The van der Waals surface area contributed by atoms with E-state index in [1.807, 2.05) is 41.4 Å². The number of fused-ring (bicyclic) bond motifs is 3. The van der Waals surface area contributed by atoms with Gasteiger partial charge in [0.25, 0.3) is 5.69 Å². The zero-order valence-corrected chi connectivity index (χ0v) is 17.0. The van der Waals surface area contributed by atoms with E-state index in [2.05, 4.69) is 0 Å². The molecule has 8 heteroatoms. The van der Waals surface area contributed by atoms with E-state index in [9.17, 15) is 10.1 Å². The summed E-state index contributed by atoms with van der Waals surface area (Å²) in [4.78, 5) is 10.6. The molecule has 3 aromatic carbocycles. The Labute approximate surface area is 182 Å². The number of halogens is 2. The number of nitrogens with zero attached hydrogens (tertiary/aromatic N) is 3. The normalized spacial score (nSPS) is 19.5. The van der Waals surface area contributed by atoms with Gasteiger partial charge in [-0.25, -0.2) is 5.01 Å². The molecule has 5 rings (SSSR count). The van der Waals surface area contributed by atoms with Gasteiger partial charge in [0, 0.05) is 34.7 Å². The summed E-state index contributed by atoms with van der Waals surface area (Å²) >= 11 is 12.7. The van der Waals surface area contributed by atoms with Crippen LogP contribution in [-0.4, -0.2) is 15.6 Å².